The summed E-state index contributed by atoms with van der Waals surface area (Å²) in [5.74, 6) is 0. The molecule has 0 aromatic heterocycles. The minimum Gasteiger partial charge on any atom is -0.300 e. The van der Waals surface area contributed by atoms with Gasteiger partial charge in [-0.15, -0.1) is 0 Å². The summed E-state index contributed by atoms with van der Waals surface area (Å²) in [4.78, 5) is 2.35. The molecule has 1 nitrogen and oxygen atoms in total. The van der Waals surface area contributed by atoms with Crippen molar-refractivity contribution in [2.45, 2.75) is 39.7 Å². The lowest BCUT2D eigenvalue weighted by atomic mass is 10.2. The molecule has 1 rings (SSSR count). The molecule has 0 saturated carbocycles. The molecule has 0 aromatic carbocycles. The van der Waals surface area contributed by atoms with Crippen LogP contribution in [0.1, 0.15) is 33.6 Å². The summed E-state index contributed by atoms with van der Waals surface area (Å²) in [5, 5.41) is 0. The highest BCUT2D eigenvalue weighted by Crippen LogP contribution is 2.04. The van der Waals surface area contributed by atoms with E-state index >= 15 is 0 Å². The Labute approximate surface area is 71.1 Å². The van der Waals surface area contributed by atoms with E-state index < -0.39 is 0 Å². The van der Waals surface area contributed by atoms with E-state index in [0.29, 0.717) is 6.04 Å². The summed E-state index contributed by atoms with van der Waals surface area (Å²) >= 11 is 0. The average molecular weight is 155 g/mol. The van der Waals surface area contributed by atoms with Gasteiger partial charge in [0.05, 0.1) is 0 Å². The molecule has 0 amide bonds. The van der Waals surface area contributed by atoms with E-state index in [9.17, 15) is 0 Å². The molecule has 0 aliphatic carbocycles. The lowest BCUT2D eigenvalue weighted by molar-refractivity contribution is 0.291. The average Bonchev–Trinajstić information content (AvgIpc) is 1.97. The second kappa shape index (κ2) is 6.41. The summed E-state index contributed by atoms with van der Waals surface area (Å²) in [6, 6.07) is 0.656. The van der Waals surface area contributed by atoms with E-state index in [4.69, 9.17) is 0 Å². The maximum atomic E-state index is 2.35. The molecule has 0 bridgehead atoms. The van der Waals surface area contributed by atoms with Crippen molar-refractivity contribution in [2.24, 2.45) is 0 Å². The van der Waals surface area contributed by atoms with Gasteiger partial charge in [0.1, 0.15) is 0 Å². The molecule has 66 valence electrons. The second-order valence-electron chi connectivity index (χ2n) is 3.15. The highest BCUT2D eigenvalue weighted by molar-refractivity contribution is 4.95. The smallest absolute Gasteiger partial charge is 0.0246 e. The number of rotatable bonds is 0. The Hall–Kier alpha value is -0.300. The number of nitrogens with zero attached hydrogens (tertiary/aromatic N) is 1. The Morgan fingerprint density at radius 3 is 2.27 bits per heavy atom. The van der Waals surface area contributed by atoms with E-state index in [-0.39, 0.29) is 0 Å². The molecule has 0 radical (unpaired) electrons. The van der Waals surface area contributed by atoms with Crippen LogP contribution in [-0.2, 0) is 0 Å². The van der Waals surface area contributed by atoms with Crippen LogP contribution in [0, 0.1) is 0 Å². The van der Waals surface area contributed by atoms with Crippen LogP contribution in [0.25, 0.3) is 0 Å². The van der Waals surface area contributed by atoms with Gasteiger partial charge in [-0.3, -0.25) is 4.90 Å². The number of likely N-dealkylation sites (N-methyl/N-ethyl adjacent to an activating group) is 1. The van der Waals surface area contributed by atoms with E-state index in [1.807, 2.05) is 0 Å². The Morgan fingerprint density at radius 2 is 2.00 bits per heavy atom. The van der Waals surface area contributed by atoms with Gasteiger partial charge < -0.3 is 0 Å². The second-order valence-corrected chi connectivity index (χ2v) is 3.15. The molecule has 1 heteroatoms. The van der Waals surface area contributed by atoms with Crippen molar-refractivity contribution in [3.8, 4) is 0 Å². The van der Waals surface area contributed by atoms with Crippen LogP contribution in [0.5, 0.6) is 0 Å². The monoisotopic (exact) mass is 155 g/mol. The van der Waals surface area contributed by atoms with Crippen LogP contribution >= 0.6 is 0 Å². The Bertz CT molecular complexity index is 107. The van der Waals surface area contributed by atoms with Crippen molar-refractivity contribution in [3.63, 3.8) is 0 Å². The zero-order valence-corrected chi connectivity index (χ0v) is 8.30. The Balaban J connectivity index is 0.000000292. The van der Waals surface area contributed by atoms with Gasteiger partial charge in [-0.05, 0) is 20.4 Å². The van der Waals surface area contributed by atoms with E-state index in [1.165, 1.54) is 19.4 Å². The maximum Gasteiger partial charge on any atom is 0.0246 e. The molecule has 11 heavy (non-hydrogen) atoms. The summed E-state index contributed by atoms with van der Waals surface area (Å²) in [6.07, 6.45) is 6.98. The molecular weight excluding hydrogens is 134 g/mol. The van der Waals surface area contributed by atoms with Crippen LogP contribution in [0.15, 0.2) is 12.2 Å². The Kier molecular flexibility index (Phi) is 6.24. The first-order valence-electron chi connectivity index (χ1n) is 4.59. The minimum atomic E-state index is 0.656. The predicted molar refractivity (Wildman–Crippen MR) is 51.8 cm³/mol. The van der Waals surface area contributed by atoms with Gasteiger partial charge in [-0.2, -0.15) is 0 Å². The highest BCUT2D eigenvalue weighted by Gasteiger charge is 2.06. The standard InChI is InChI=1S/C7H13N.C3H8/c1-7-5-3-4-6-8(7)2;1-3-2/h3,5,7H,4,6H2,1-2H3;3H2,1-2H3/t7-;/m1./s1. The molecule has 0 fully saturated rings. The van der Waals surface area contributed by atoms with Crippen molar-refractivity contribution in [2.75, 3.05) is 13.6 Å². The molecule has 0 unspecified atom stereocenters. The van der Waals surface area contributed by atoms with Crippen LogP contribution in [-0.4, -0.2) is 24.5 Å². The van der Waals surface area contributed by atoms with Crippen molar-refractivity contribution in [3.05, 3.63) is 12.2 Å². The molecule has 1 heterocycles. The van der Waals surface area contributed by atoms with Gasteiger partial charge in [0, 0.05) is 12.6 Å². The predicted octanol–water partition coefficient (Wildman–Crippen LogP) is 2.68. The van der Waals surface area contributed by atoms with Crippen LogP contribution < -0.4 is 0 Å². The third-order valence-electron chi connectivity index (χ3n) is 1.76. The SMILES string of the molecule is CCC.C[C@@H]1C=CCCN1C. The third kappa shape index (κ3) is 5.02. The molecule has 0 saturated heterocycles. The summed E-state index contributed by atoms with van der Waals surface area (Å²) in [5.41, 5.74) is 0. The largest absolute Gasteiger partial charge is 0.300 e. The third-order valence-corrected chi connectivity index (χ3v) is 1.76. The quantitative estimate of drug-likeness (QED) is 0.486. The van der Waals surface area contributed by atoms with Crippen molar-refractivity contribution >= 4 is 0 Å². The van der Waals surface area contributed by atoms with Gasteiger partial charge >= 0.3 is 0 Å². The van der Waals surface area contributed by atoms with Crippen LogP contribution in [0.3, 0.4) is 0 Å². The number of hydrogen-bond acceptors (Lipinski definition) is 1. The van der Waals surface area contributed by atoms with Crippen LogP contribution in [0.2, 0.25) is 0 Å². The fourth-order valence-electron chi connectivity index (χ4n) is 0.922. The molecule has 0 aromatic rings. The normalized spacial score (nSPS) is 24.2. The van der Waals surface area contributed by atoms with Crippen molar-refractivity contribution in [1.82, 2.24) is 4.90 Å². The topological polar surface area (TPSA) is 3.24 Å². The summed E-state index contributed by atoms with van der Waals surface area (Å²) < 4.78 is 0. The van der Waals surface area contributed by atoms with Crippen molar-refractivity contribution < 1.29 is 0 Å². The molecule has 0 N–H and O–H groups in total. The minimum absolute atomic E-state index is 0.656. The fourth-order valence-corrected chi connectivity index (χ4v) is 0.922. The van der Waals surface area contributed by atoms with E-state index in [1.54, 1.807) is 0 Å². The van der Waals surface area contributed by atoms with Crippen LogP contribution in [0.4, 0.5) is 0 Å². The zero-order chi connectivity index (χ0) is 8.69. The van der Waals surface area contributed by atoms with Gasteiger partial charge in [0.2, 0.25) is 0 Å². The molecule has 0 spiro atoms. The molecule has 1 aliphatic heterocycles. The first-order chi connectivity index (χ1) is 5.22. The molecule has 1 atom stereocenters. The lowest BCUT2D eigenvalue weighted by Crippen LogP contribution is -2.30. The highest BCUT2D eigenvalue weighted by atomic mass is 15.1. The van der Waals surface area contributed by atoms with Gasteiger partial charge in [-0.1, -0.05) is 32.4 Å². The van der Waals surface area contributed by atoms with Gasteiger partial charge in [0.15, 0.2) is 0 Å². The zero-order valence-electron chi connectivity index (χ0n) is 8.30. The lowest BCUT2D eigenvalue weighted by Gasteiger charge is -2.24. The Morgan fingerprint density at radius 1 is 1.45 bits per heavy atom. The fraction of sp³-hybridized carbons (Fsp3) is 0.800. The summed E-state index contributed by atoms with van der Waals surface area (Å²) in [7, 11) is 2.16. The molecular formula is C10H21N. The molecule has 1 aliphatic rings. The van der Waals surface area contributed by atoms with Gasteiger partial charge in [-0.25, -0.2) is 0 Å². The van der Waals surface area contributed by atoms with Crippen molar-refractivity contribution in [1.29, 1.82) is 0 Å². The first-order valence-corrected chi connectivity index (χ1v) is 4.59. The maximum absolute atomic E-state index is 2.35. The van der Waals surface area contributed by atoms with E-state index in [0.717, 1.165) is 0 Å². The van der Waals surface area contributed by atoms with E-state index in [2.05, 4.69) is 44.9 Å². The first kappa shape index (κ1) is 10.7. The summed E-state index contributed by atoms with van der Waals surface area (Å²) in [6.45, 7) is 7.69. The van der Waals surface area contributed by atoms with Gasteiger partial charge in [0.25, 0.3) is 0 Å². The number of hydrogen-bond donors (Lipinski definition) is 0.